The maximum atomic E-state index is 13.1. The highest BCUT2D eigenvalue weighted by Crippen LogP contribution is 2.28. The molecule has 0 aliphatic heterocycles. The Labute approximate surface area is 164 Å². The first kappa shape index (κ1) is 18.3. The highest BCUT2D eigenvalue weighted by atomic mass is 16.5. The van der Waals surface area contributed by atoms with Crippen LogP contribution < -0.4 is 20.6 Å². The summed E-state index contributed by atoms with van der Waals surface area (Å²) in [5, 5.41) is 9.62. The molecule has 4 rings (SSSR count). The van der Waals surface area contributed by atoms with Gasteiger partial charge in [-0.15, -0.1) is 0 Å². The number of hydrogen-bond acceptors (Lipinski definition) is 6. The lowest BCUT2D eigenvalue weighted by molar-refractivity contribution is 0.401. The predicted molar refractivity (Wildman–Crippen MR) is 107 cm³/mol. The van der Waals surface area contributed by atoms with Crippen LogP contribution >= 0.6 is 0 Å². The molecule has 0 aliphatic rings. The first-order valence-electron chi connectivity index (χ1n) is 8.70. The van der Waals surface area contributed by atoms with Crippen molar-refractivity contribution in [2.45, 2.75) is 6.92 Å². The van der Waals surface area contributed by atoms with Crippen LogP contribution in [0.4, 0.5) is 0 Å². The average molecular weight is 388 g/mol. The molecule has 8 heteroatoms. The van der Waals surface area contributed by atoms with E-state index in [9.17, 15) is 14.9 Å². The summed E-state index contributed by atoms with van der Waals surface area (Å²) in [7, 11) is 2.97. The maximum absolute atomic E-state index is 13.1. The van der Waals surface area contributed by atoms with E-state index in [1.54, 1.807) is 30.5 Å². The summed E-state index contributed by atoms with van der Waals surface area (Å²) in [5.74, 6) is 0.855. The maximum Gasteiger partial charge on any atom is 0.274 e. The van der Waals surface area contributed by atoms with Gasteiger partial charge in [-0.25, -0.2) is 4.98 Å². The third-order valence-electron chi connectivity index (χ3n) is 4.75. The molecule has 0 saturated carbocycles. The molecule has 1 aromatic carbocycles. The lowest BCUT2D eigenvalue weighted by Gasteiger charge is -2.15. The van der Waals surface area contributed by atoms with Gasteiger partial charge < -0.3 is 9.47 Å². The molecule has 0 atom stereocenters. The van der Waals surface area contributed by atoms with Gasteiger partial charge in [0.25, 0.3) is 11.1 Å². The summed E-state index contributed by atoms with van der Waals surface area (Å²) in [4.78, 5) is 30.8. The zero-order chi connectivity index (χ0) is 20.7. The van der Waals surface area contributed by atoms with Crippen molar-refractivity contribution < 1.29 is 9.47 Å². The Morgan fingerprint density at radius 2 is 1.83 bits per heavy atom. The van der Waals surface area contributed by atoms with Gasteiger partial charge in [0.1, 0.15) is 28.8 Å². The standard InChI is InChI=1S/C21H16N4O4/c1-12-5-4-8-24-18(12)23-19-15(21(24)27)9-13(11-22)20(26)25(19)16-10-14(28-2)6-7-17(16)29-3/h4-10H,1-3H3. The molecule has 144 valence electrons. The number of aromatic nitrogens is 3. The van der Waals surface area contributed by atoms with E-state index in [-0.39, 0.29) is 22.2 Å². The van der Waals surface area contributed by atoms with Gasteiger partial charge in [-0.3, -0.25) is 18.6 Å². The summed E-state index contributed by atoms with van der Waals surface area (Å²) >= 11 is 0. The molecule has 8 nitrogen and oxygen atoms in total. The fourth-order valence-corrected chi connectivity index (χ4v) is 3.29. The van der Waals surface area contributed by atoms with E-state index in [0.717, 1.165) is 5.56 Å². The third-order valence-corrected chi connectivity index (χ3v) is 4.75. The molecule has 0 N–H and O–H groups in total. The molecule has 0 fully saturated rings. The van der Waals surface area contributed by atoms with Gasteiger partial charge >= 0.3 is 0 Å². The van der Waals surface area contributed by atoms with Crippen LogP contribution in [0.3, 0.4) is 0 Å². The SMILES string of the molecule is COc1ccc(OC)c(-n2c(=O)c(C#N)cc3c(=O)n4cccc(C)c4nc32)c1. The monoisotopic (exact) mass is 388 g/mol. The van der Waals surface area contributed by atoms with Crippen LogP contribution in [-0.4, -0.2) is 28.2 Å². The Morgan fingerprint density at radius 3 is 2.52 bits per heavy atom. The van der Waals surface area contributed by atoms with Crippen LogP contribution in [0, 0.1) is 18.3 Å². The van der Waals surface area contributed by atoms with Gasteiger partial charge in [0, 0.05) is 12.3 Å². The summed E-state index contributed by atoms with van der Waals surface area (Å²) < 4.78 is 13.3. The van der Waals surface area contributed by atoms with Crippen molar-refractivity contribution in [2.24, 2.45) is 0 Å². The van der Waals surface area contributed by atoms with E-state index >= 15 is 0 Å². The fraction of sp³-hybridized carbons (Fsp3) is 0.143. The van der Waals surface area contributed by atoms with Crippen molar-refractivity contribution in [3.05, 3.63) is 74.4 Å². The summed E-state index contributed by atoms with van der Waals surface area (Å²) in [6, 6.07) is 11.6. The Balaban J connectivity index is 2.28. The Bertz CT molecular complexity index is 1440. The second-order valence-corrected chi connectivity index (χ2v) is 6.39. The zero-order valence-corrected chi connectivity index (χ0v) is 16.0. The molecule has 0 saturated heterocycles. The third kappa shape index (κ3) is 2.72. The van der Waals surface area contributed by atoms with Crippen molar-refractivity contribution in [1.82, 2.24) is 14.0 Å². The number of ether oxygens (including phenoxy) is 2. The number of benzene rings is 1. The van der Waals surface area contributed by atoms with Crippen LogP contribution in [0.5, 0.6) is 11.5 Å². The molecule has 0 radical (unpaired) electrons. The van der Waals surface area contributed by atoms with Gasteiger partial charge in [0.15, 0.2) is 5.65 Å². The summed E-state index contributed by atoms with van der Waals surface area (Å²) in [6.45, 7) is 1.83. The molecule has 0 spiro atoms. The number of methoxy groups -OCH3 is 2. The van der Waals surface area contributed by atoms with Crippen LogP contribution in [0.2, 0.25) is 0 Å². The number of rotatable bonds is 3. The normalized spacial score (nSPS) is 10.8. The Morgan fingerprint density at radius 1 is 1.03 bits per heavy atom. The fourth-order valence-electron chi connectivity index (χ4n) is 3.29. The van der Waals surface area contributed by atoms with E-state index in [1.165, 1.54) is 29.3 Å². The molecule has 0 aliphatic carbocycles. The van der Waals surface area contributed by atoms with Gasteiger partial charge in [-0.1, -0.05) is 6.07 Å². The lowest BCUT2D eigenvalue weighted by atomic mass is 10.2. The molecular formula is C21H16N4O4. The van der Waals surface area contributed by atoms with Gasteiger partial charge in [-0.2, -0.15) is 5.26 Å². The largest absolute Gasteiger partial charge is 0.497 e. The molecule has 3 heterocycles. The minimum absolute atomic E-state index is 0.139. The lowest BCUT2D eigenvalue weighted by Crippen LogP contribution is -2.26. The van der Waals surface area contributed by atoms with Crippen LogP contribution in [-0.2, 0) is 0 Å². The zero-order valence-electron chi connectivity index (χ0n) is 16.0. The van der Waals surface area contributed by atoms with E-state index in [0.29, 0.717) is 22.8 Å². The molecule has 29 heavy (non-hydrogen) atoms. The number of nitriles is 1. The molecular weight excluding hydrogens is 372 g/mol. The minimum Gasteiger partial charge on any atom is -0.497 e. The first-order chi connectivity index (χ1) is 14.0. The number of pyridine rings is 2. The second-order valence-electron chi connectivity index (χ2n) is 6.39. The van der Waals surface area contributed by atoms with E-state index in [2.05, 4.69) is 4.98 Å². The van der Waals surface area contributed by atoms with Gasteiger partial charge in [-0.05, 0) is 36.8 Å². The number of aryl methyl sites for hydroxylation is 1. The second kappa shape index (κ2) is 6.80. The molecule has 0 amide bonds. The van der Waals surface area contributed by atoms with Gasteiger partial charge in [0.2, 0.25) is 0 Å². The van der Waals surface area contributed by atoms with Crippen molar-refractivity contribution in [3.63, 3.8) is 0 Å². The van der Waals surface area contributed by atoms with Crippen molar-refractivity contribution >= 4 is 16.7 Å². The molecule has 0 bridgehead atoms. The van der Waals surface area contributed by atoms with Crippen molar-refractivity contribution in [3.8, 4) is 23.3 Å². The minimum atomic E-state index is -0.601. The Kier molecular flexibility index (Phi) is 4.28. The topological polar surface area (TPSA) is 98.6 Å². The van der Waals surface area contributed by atoms with E-state index in [4.69, 9.17) is 9.47 Å². The van der Waals surface area contributed by atoms with Crippen LogP contribution in [0.15, 0.2) is 52.2 Å². The average Bonchev–Trinajstić information content (AvgIpc) is 2.74. The molecule has 0 unspecified atom stereocenters. The number of hydrogen-bond donors (Lipinski definition) is 0. The quantitative estimate of drug-likeness (QED) is 0.499. The van der Waals surface area contributed by atoms with E-state index in [1.807, 2.05) is 19.1 Å². The first-order valence-corrected chi connectivity index (χ1v) is 8.70. The Hall–Kier alpha value is -4.12. The predicted octanol–water partition coefficient (Wildman–Crippen LogP) is 2.20. The van der Waals surface area contributed by atoms with Crippen LogP contribution in [0.1, 0.15) is 11.1 Å². The summed E-state index contributed by atoms with van der Waals surface area (Å²) in [6.07, 6.45) is 1.60. The molecule has 3 aromatic heterocycles. The number of fused-ring (bicyclic) bond motifs is 2. The van der Waals surface area contributed by atoms with Crippen molar-refractivity contribution in [2.75, 3.05) is 14.2 Å². The van der Waals surface area contributed by atoms with E-state index < -0.39 is 5.56 Å². The van der Waals surface area contributed by atoms with Crippen molar-refractivity contribution in [1.29, 1.82) is 5.26 Å². The summed E-state index contributed by atoms with van der Waals surface area (Å²) in [5.41, 5.74) is 0.506. The highest BCUT2D eigenvalue weighted by Gasteiger charge is 2.19. The number of nitrogens with zero attached hydrogens (tertiary/aromatic N) is 4. The van der Waals surface area contributed by atoms with Crippen LogP contribution in [0.25, 0.3) is 22.4 Å². The smallest absolute Gasteiger partial charge is 0.274 e. The molecule has 4 aromatic rings. The van der Waals surface area contributed by atoms with Gasteiger partial charge in [0.05, 0.1) is 25.3 Å². The highest BCUT2D eigenvalue weighted by molar-refractivity contribution is 5.80.